The van der Waals surface area contributed by atoms with E-state index in [1.807, 2.05) is 32.3 Å². The maximum absolute atomic E-state index is 12.9. The van der Waals surface area contributed by atoms with Gasteiger partial charge >= 0.3 is 0 Å². The molecule has 0 saturated carbocycles. The molecule has 9 heteroatoms. The van der Waals surface area contributed by atoms with Crippen molar-refractivity contribution in [1.82, 2.24) is 10.3 Å². The van der Waals surface area contributed by atoms with Gasteiger partial charge in [0.25, 0.3) is 6.01 Å². The van der Waals surface area contributed by atoms with Crippen LogP contribution in [0.15, 0.2) is 22.6 Å². The molecule has 1 saturated heterocycles. The molecule has 1 amide bonds. The molecule has 1 aliphatic rings. The van der Waals surface area contributed by atoms with Gasteiger partial charge in [0.2, 0.25) is 5.91 Å². The summed E-state index contributed by atoms with van der Waals surface area (Å²) in [5.41, 5.74) is 1.67. The van der Waals surface area contributed by atoms with Crippen LogP contribution in [-0.4, -0.2) is 51.8 Å². The van der Waals surface area contributed by atoms with E-state index in [0.29, 0.717) is 18.2 Å². The second-order valence-corrected chi connectivity index (χ2v) is 6.49. The van der Waals surface area contributed by atoms with E-state index >= 15 is 0 Å². The fourth-order valence-corrected chi connectivity index (χ4v) is 3.07. The Hall–Kier alpha value is -1.54. The van der Waals surface area contributed by atoms with Crippen LogP contribution in [0.25, 0.3) is 11.1 Å². The molecule has 1 aromatic carbocycles. The molecule has 7 nitrogen and oxygen atoms in total. The van der Waals surface area contributed by atoms with Gasteiger partial charge in [-0.05, 0) is 44.1 Å². The van der Waals surface area contributed by atoms with Gasteiger partial charge in [0.05, 0.1) is 12.0 Å². The molecule has 2 heterocycles. The maximum Gasteiger partial charge on any atom is 0.297 e. The number of aromatic nitrogens is 1. The molecule has 0 spiro atoms. The van der Waals surface area contributed by atoms with E-state index in [1.54, 1.807) is 12.0 Å². The van der Waals surface area contributed by atoms with Crippen molar-refractivity contribution in [3.8, 4) is 0 Å². The quantitative estimate of drug-likeness (QED) is 0.797. The second-order valence-electron chi connectivity index (χ2n) is 6.49. The number of anilines is 2. The van der Waals surface area contributed by atoms with Crippen molar-refractivity contribution in [3.05, 3.63) is 18.2 Å². The molecule has 1 aromatic heterocycles. The summed E-state index contributed by atoms with van der Waals surface area (Å²) in [6.45, 7) is 2.08. The van der Waals surface area contributed by atoms with Crippen LogP contribution in [-0.2, 0) is 9.53 Å². The Morgan fingerprint density at radius 3 is 2.65 bits per heavy atom. The average Bonchev–Trinajstić information content (AvgIpc) is 2.99. The number of rotatable bonds is 5. The number of carbonyl (C=O) groups is 1. The minimum Gasteiger partial charge on any atom is -0.423 e. The zero-order valence-corrected chi connectivity index (χ0v) is 16.8. The van der Waals surface area contributed by atoms with Crippen molar-refractivity contribution in [3.63, 3.8) is 0 Å². The van der Waals surface area contributed by atoms with E-state index in [0.717, 1.165) is 37.1 Å². The van der Waals surface area contributed by atoms with Crippen LogP contribution < -0.4 is 15.5 Å². The van der Waals surface area contributed by atoms with E-state index in [4.69, 9.17) is 9.15 Å². The lowest BCUT2D eigenvalue weighted by molar-refractivity contribution is -0.130. The lowest BCUT2D eigenvalue weighted by atomic mass is 9.78. The third-order valence-corrected chi connectivity index (χ3v) is 4.48. The Kier molecular flexibility index (Phi) is 8.15. The fraction of sp³-hybridized carbons (Fsp3) is 0.529. The number of benzene rings is 1. The third-order valence-electron chi connectivity index (χ3n) is 4.48. The number of hydrogen-bond donors (Lipinski definition) is 2. The lowest BCUT2D eigenvalue weighted by Gasteiger charge is -2.35. The van der Waals surface area contributed by atoms with Gasteiger partial charge in [-0.3, -0.25) is 4.79 Å². The molecular weight excluding hydrogens is 379 g/mol. The number of nitrogens with zero attached hydrogens (tertiary/aromatic N) is 2. The Balaban J connectivity index is 0.00000169. The van der Waals surface area contributed by atoms with Crippen LogP contribution in [0, 0.1) is 5.41 Å². The van der Waals surface area contributed by atoms with Crippen LogP contribution in [0.2, 0.25) is 0 Å². The van der Waals surface area contributed by atoms with E-state index < -0.39 is 5.41 Å². The van der Waals surface area contributed by atoms with Crippen molar-refractivity contribution < 1.29 is 13.9 Å². The predicted octanol–water partition coefficient (Wildman–Crippen LogP) is 2.69. The first kappa shape index (κ1) is 22.5. The highest BCUT2D eigenvalue weighted by Crippen LogP contribution is 2.31. The highest BCUT2D eigenvalue weighted by Gasteiger charge is 2.39. The normalized spacial score (nSPS) is 15.7. The summed E-state index contributed by atoms with van der Waals surface area (Å²) in [5.74, 6) is 0.00141. The molecule has 26 heavy (non-hydrogen) atoms. The number of methoxy groups -OCH3 is 1. The zero-order chi connectivity index (χ0) is 17.2. The maximum atomic E-state index is 12.9. The molecular formula is C17H26Cl2N4O3. The van der Waals surface area contributed by atoms with E-state index in [1.165, 1.54) is 0 Å². The van der Waals surface area contributed by atoms with Crippen molar-refractivity contribution >= 4 is 53.5 Å². The first-order valence-corrected chi connectivity index (χ1v) is 8.13. The van der Waals surface area contributed by atoms with Gasteiger partial charge in [-0.25, -0.2) is 0 Å². The van der Waals surface area contributed by atoms with Crippen LogP contribution in [0.3, 0.4) is 0 Å². The molecule has 0 radical (unpaired) electrons. The number of amides is 1. The van der Waals surface area contributed by atoms with E-state index in [-0.39, 0.29) is 30.7 Å². The number of piperidine rings is 1. The number of fused-ring (bicyclic) bond motifs is 1. The minimum atomic E-state index is -0.479. The summed E-state index contributed by atoms with van der Waals surface area (Å²) in [6, 6.07) is 6.05. The summed E-state index contributed by atoms with van der Waals surface area (Å²) in [6.07, 6.45) is 1.54. The predicted molar refractivity (Wildman–Crippen MR) is 108 cm³/mol. The molecule has 0 unspecified atom stereocenters. The van der Waals surface area contributed by atoms with Crippen molar-refractivity contribution in [2.24, 2.45) is 5.41 Å². The number of oxazole rings is 1. The van der Waals surface area contributed by atoms with Crippen LogP contribution in [0.4, 0.5) is 11.7 Å². The molecule has 146 valence electrons. The highest BCUT2D eigenvalue weighted by molar-refractivity contribution is 5.97. The van der Waals surface area contributed by atoms with Gasteiger partial charge in [-0.1, -0.05) is 0 Å². The van der Waals surface area contributed by atoms with Crippen LogP contribution in [0.5, 0.6) is 0 Å². The SMILES string of the molecule is COCC1(C(=O)Nc2ccc3oc(N(C)C)nc3c2)CCNCC1.Cl.Cl. The molecule has 1 aliphatic heterocycles. The summed E-state index contributed by atoms with van der Waals surface area (Å²) in [4.78, 5) is 19.1. The van der Waals surface area contributed by atoms with Gasteiger partial charge in [0, 0.05) is 26.9 Å². The third kappa shape index (κ3) is 4.59. The first-order chi connectivity index (χ1) is 11.5. The van der Waals surface area contributed by atoms with Crippen molar-refractivity contribution in [2.75, 3.05) is 51.1 Å². The van der Waals surface area contributed by atoms with E-state index in [9.17, 15) is 4.79 Å². The average molecular weight is 405 g/mol. The molecule has 1 fully saturated rings. The van der Waals surface area contributed by atoms with Crippen molar-refractivity contribution in [2.45, 2.75) is 12.8 Å². The minimum absolute atomic E-state index is 0. The van der Waals surface area contributed by atoms with Gasteiger partial charge in [-0.15, -0.1) is 24.8 Å². The van der Waals surface area contributed by atoms with Crippen molar-refractivity contribution in [1.29, 1.82) is 0 Å². The van der Waals surface area contributed by atoms with Gasteiger partial charge in [-0.2, -0.15) is 4.98 Å². The molecule has 0 bridgehead atoms. The van der Waals surface area contributed by atoms with Gasteiger partial charge in [0.1, 0.15) is 5.52 Å². The fourth-order valence-electron chi connectivity index (χ4n) is 3.07. The summed E-state index contributed by atoms with van der Waals surface area (Å²) >= 11 is 0. The van der Waals surface area contributed by atoms with Crippen LogP contribution >= 0.6 is 24.8 Å². The van der Waals surface area contributed by atoms with Crippen LogP contribution in [0.1, 0.15) is 12.8 Å². The van der Waals surface area contributed by atoms with Gasteiger partial charge < -0.3 is 24.7 Å². The number of ether oxygens (including phenoxy) is 1. The Bertz CT molecular complexity index is 724. The Labute approximate surface area is 165 Å². The Morgan fingerprint density at radius 2 is 2.04 bits per heavy atom. The molecule has 2 aromatic rings. The largest absolute Gasteiger partial charge is 0.423 e. The smallest absolute Gasteiger partial charge is 0.297 e. The molecule has 2 N–H and O–H groups in total. The second kappa shape index (κ2) is 9.41. The molecule has 0 aliphatic carbocycles. The summed E-state index contributed by atoms with van der Waals surface area (Å²) in [5, 5.41) is 6.32. The summed E-state index contributed by atoms with van der Waals surface area (Å²) < 4.78 is 11.0. The first-order valence-electron chi connectivity index (χ1n) is 8.13. The number of hydrogen-bond acceptors (Lipinski definition) is 6. The topological polar surface area (TPSA) is 79.6 Å². The lowest BCUT2D eigenvalue weighted by Crippen LogP contribution is -2.47. The Morgan fingerprint density at radius 1 is 1.35 bits per heavy atom. The van der Waals surface area contributed by atoms with Gasteiger partial charge in [0.15, 0.2) is 5.58 Å². The number of carbonyl (C=O) groups excluding carboxylic acids is 1. The zero-order valence-electron chi connectivity index (χ0n) is 15.2. The van der Waals surface area contributed by atoms with E-state index in [2.05, 4.69) is 15.6 Å². The summed E-state index contributed by atoms with van der Waals surface area (Å²) in [7, 11) is 5.39. The monoisotopic (exact) mass is 404 g/mol. The number of nitrogens with one attached hydrogen (secondary N) is 2. The number of halogens is 2. The molecule has 3 rings (SSSR count). The highest BCUT2D eigenvalue weighted by atomic mass is 35.5. The molecule has 0 atom stereocenters. The standard InChI is InChI=1S/C17H24N4O3.2ClH/c1-21(2)16-20-13-10-12(4-5-14(13)24-16)19-15(22)17(11-23-3)6-8-18-9-7-17;;/h4-5,10,18H,6-9,11H2,1-3H3,(H,19,22);2*1H.